The Morgan fingerprint density at radius 3 is 2.22 bits per heavy atom. The smallest absolute Gasteiger partial charge is 0.295 e. The van der Waals surface area contributed by atoms with Crippen molar-refractivity contribution in [1.82, 2.24) is 9.13 Å². The van der Waals surface area contributed by atoms with E-state index >= 15 is 0 Å². The Bertz CT molecular complexity index is 1050. The molecule has 0 bridgehead atoms. The molecule has 2 aromatic carbocycles. The Hall–Kier alpha value is -2.06. The number of rotatable bonds is 3. The number of nitrogens with one attached hydrogen (secondary N) is 1. The van der Waals surface area contributed by atoms with Crippen LogP contribution in [0, 0.1) is 0 Å². The van der Waals surface area contributed by atoms with Crippen LogP contribution in [0.5, 0.6) is 0 Å². The molecule has 8 heteroatoms. The van der Waals surface area contributed by atoms with Crippen LogP contribution in [-0.2, 0) is 24.1 Å². The monoisotopic (exact) mass is 395 g/mol. The fourth-order valence-corrected chi connectivity index (χ4v) is 3.71. The van der Waals surface area contributed by atoms with Crippen LogP contribution >= 0.6 is 15.9 Å². The maximum absolute atomic E-state index is 12.4. The molecule has 0 unspecified atom stereocenters. The summed E-state index contributed by atoms with van der Waals surface area (Å²) in [6.07, 6.45) is 0. The first-order valence-electron chi connectivity index (χ1n) is 6.73. The highest BCUT2D eigenvalue weighted by atomic mass is 79.9. The fraction of sp³-hybridized carbons (Fsp3) is 0.133. The summed E-state index contributed by atoms with van der Waals surface area (Å²) >= 11 is 3.27. The van der Waals surface area contributed by atoms with Crippen LogP contribution in [0.4, 0.5) is 5.69 Å². The van der Waals surface area contributed by atoms with E-state index in [1.54, 1.807) is 44.4 Å². The molecular formula is C15H14BrN3O3S. The predicted octanol–water partition coefficient (Wildman–Crippen LogP) is 2.44. The second-order valence-electron chi connectivity index (χ2n) is 5.16. The number of hydrogen-bond donors (Lipinski definition) is 1. The zero-order chi connectivity index (χ0) is 16.8. The molecule has 1 aromatic heterocycles. The summed E-state index contributed by atoms with van der Waals surface area (Å²) in [4.78, 5) is 12.1. The second-order valence-corrected chi connectivity index (χ2v) is 7.76. The summed E-state index contributed by atoms with van der Waals surface area (Å²) in [5.74, 6) is 0. The maximum atomic E-state index is 12.4. The van der Waals surface area contributed by atoms with Gasteiger partial charge in [0.15, 0.2) is 0 Å². The van der Waals surface area contributed by atoms with Gasteiger partial charge >= 0.3 is 5.69 Å². The first-order chi connectivity index (χ1) is 10.8. The Kier molecular flexibility index (Phi) is 3.81. The van der Waals surface area contributed by atoms with Crippen molar-refractivity contribution in [3.05, 3.63) is 57.4 Å². The highest BCUT2D eigenvalue weighted by Crippen LogP contribution is 2.21. The lowest BCUT2D eigenvalue weighted by Crippen LogP contribution is -2.19. The zero-order valence-corrected chi connectivity index (χ0v) is 14.8. The summed E-state index contributed by atoms with van der Waals surface area (Å²) < 4.78 is 31.1. The van der Waals surface area contributed by atoms with Crippen molar-refractivity contribution in [2.24, 2.45) is 14.1 Å². The molecule has 1 N–H and O–H groups in total. The number of benzene rings is 2. The Morgan fingerprint density at radius 2 is 1.57 bits per heavy atom. The van der Waals surface area contributed by atoms with Crippen molar-refractivity contribution in [2.45, 2.75) is 4.90 Å². The van der Waals surface area contributed by atoms with Gasteiger partial charge in [0.1, 0.15) is 0 Å². The van der Waals surface area contributed by atoms with E-state index in [1.807, 2.05) is 0 Å². The quantitative estimate of drug-likeness (QED) is 0.739. The maximum Gasteiger partial charge on any atom is 0.328 e. The number of sulfonamides is 1. The largest absolute Gasteiger partial charge is 0.328 e. The van der Waals surface area contributed by atoms with Gasteiger partial charge in [0, 0.05) is 18.6 Å². The summed E-state index contributed by atoms with van der Waals surface area (Å²) in [6.45, 7) is 0. The van der Waals surface area contributed by atoms with Crippen LogP contribution in [0.2, 0.25) is 0 Å². The molecule has 0 atom stereocenters. The molecule has 6 nitrogen and oxygen atoms in total. The molecule has 3 rings (SSSR count). The standard InChI is InChI=1S/C15H14BrN3O3S/c1-18-13-8-5-11(9-14(13)19(2)15(18)20)17-23(21,22)12-6-3-10(16)4-7-12/h3-9,17H,1-2H3. The molecular weight excluding hydrogens is 382 g/mol. The number of aryl methyl sites for hydroxylation is 2. The van der Waals surface area contributed by atoms with Gasteiger partial charge in [-0.3, -0.25) is 13.9 Å². The third kappa shape index (κ3) is 2.79. The molecule has 120 valence electrons. The third-order valence-corrected chi connectivity index (χ3v) is 5.57. The molecule has 0 aliphatic rings. The van der Waals surface area contributed by atoms with E-state index in [9.17, 15) is 13.2 Å². The van der Waals surface area contributed by atoms with Crippen LogP contribution in [0.3, 0.4) is 0 Å². The van der Waals surface area contributed by atoms with Gasteiger partial charge in [-0.15, -0.1) is 0 Å². The lowest BCUT2D eigenvalue weighted by atomic mass is 10.3. The average molecular weight is 396 g/mol. The van der Waals surface area contributed by atoms with Crippen LogP contribution < -0.4 is 10.4 Å². The van der Waals surface area contributed by atoms with Crippen molar-refractivity contribution in [1.29, 1.82) is 0 Å². The van der Waals surface area contributed by atoms with E-state index in [0.29, 0.717) is 11.2 Å². The van der Waals surface area contributed by atoms with Crippen LogP contribution in [0.25, 0.3) is 11.0 Å². The van der Waals surface area contributed by atoms with E-state index in [4.69, 9.17) is 0 Å². The average Bonchev–Trinajstić information content (AvgIpc) is 2.72. The van der Waals surface area contributed by atoms with Gasteiger partial charge in [0.2, 0.25) is 0 Å². The minimum atomic E-state index is -3.68. The van der Waals surface area contributed by atoms with Crippen molar-refractivity contribution in [3.8, 4) is 0 Å². The minimum absolute atomic E-state index is 0.159. The molecule has 3 aromatic rings. The van der Waals surface area contributed by atoms with Gasteiger partial charge < -0.3 is 0 Å². The van der Waals surface area contributed by atoms with Gasteiger partial charge in [-0.1, -0.05) is 15.9 Å². The fourth-order valence-electron chi connectivity index (χ4n) is 2.40. The minimum Gasteiger partial charge on any atom is -0.295 e. The number of aromatic nitrogens is 2. The van der Waals surface area contributed by atoms with Crippen LogP contribution in [-0.4, -0.2) is 17.6 Å². The number of imidazole rings is 1. The summed E-state index contributed by atoms with van der Waals surface area (Å²) in [5.41, 5.74) is 1.65. The van der Waals surface area contributed by atoms with Crippen molar-refractivity contribution >= 4 is 42.7 Å². The SMILES string of the molecule is Cn1c(=O)n(C)c2cc(NS(=O)(=O)c3ccc(Br)cc3)ccc21. The van der Waals surface area contributed by atoms with E-state index in [1.165, 1.54) is 21.3 Å². The van der Waals surface area contributed by atoms with Gasteiger partial charge in [0.25, 0.3) is 10.0 Å². The summed E-state index contributed by atoms with van der Waals surface area (Å²) in [5, 5.41) is 0. The molecule has 0 amide bonds. The Balaban J connectivity index is 2.03. The second kappa shape index (κ2) is 5.54. The van der Waals surface area contributed by atoms with Crippen molar-refractivity contribution < 1.29 is 8.42 Å². The van der Waals surface area contributed by atoms with E-state index in [0.717, 1.165) is 9.99 Å². The number of anilines is 1. The van der Waals surface area contributed by atoms with Crippen molar-refractivity contribution in [2.75, 3.05) is 4.72 Å². The first-order valence-corrected chi connectivity index (χ1v) is 9.01. The van der Waals surface area contributed by atoms with E-state index in [2.05, 4.69) is 20.7 Å². The molecule has 0 saturated carbocycles. The Morgan fingerprint density at radius 1 is 0.957 bits per heavy atom. The highest BCUT2D eigenvalue weighted by Gasteiger charge is 2.15. The van der Waals surface area contributed by atoms with E-state index in [-0.39, 0.29) is 10.6 Å². The van der Waals surface area contributed by atoms with Gasteiger partial charge in [-0.05, 0) is 42.5 Å². The molecule has 0 spiro atoms. The lowest BCUT2D eigenvalue weighted by Gasteiger charge is -2.08. The number of hydrogen-bond acceptors (Lipinski definition) is 3. The number of halogens is 1. The first kappa shape index (κ1) is 15.8. The molecule has 23 heavy (non-hydrogen) atoms. The van der Waals surface area contributed by atoms with Crippen molar-refractivity contribution in [3.63, 3.8) is 0 Å². The summed E-state index contributed by atoms with van der Waals surface area (Å²) in [7, 11) is -0.353. The molecule has 0 radical (unpaired) electrons. The number of nitrogens with zero attached hydrogens (tertiary/aromatic N) is 2. The summed E-state index contributed by atoms with van der Waals surface area (Å²) in [6, 6.07) is 11.4. The zero-order valence-electron chi connectivity index (χ0n) is 12.4. The van der Waals surface area contributed by atoms with E-state index < -0.39 is 10.0 Å². The normalized spacial score (nSPS) is 11.8. The topological polar surface area (TPSA) is 73.1 Å². The molecule has 0 saturated heterocycles. The molecule has 0 fully saturated rings. The van der Waals surface area contributed by atoms with Gasteiger partial charge in [-0.2, -0.15) is 0 Å². The predicted molar refractivity (Wildman–Crippen MR) is 93.1 cm³/mol. The molecule has 1 heterocycles. The number of fused-ring (bicyclic) bond motifs is 1. The highest BCUT2D eigenvalue weighted by molar-refractivity contribution is 9.10. The molecule has 0 aliphatic heterocycles. The van der Waals surface area contributed by atoms with Gasteiger partial charge in [0.05, 0.1) is 21.6 Å². The Labute approximate surface area is 141 Å². The molecule has 0 aliphatic carbocycles. The van der Waals surface area contributed by atoms with Gasteiger partial charge in [-0.25, -0.2) is 13.2 Å². The lowest BCUT2D eigenvalue weighted by molar-refractivity contribution is 0.601. The van der Waals surface area contributed by atoms with Crippen LogP contribution in [0.1, 0.15) is 0 Å². The third-order valence-electron chi connectivity index (χ3n) is 3.65. The van der Waals surface area contributed by atoms with Crippen LogP contribution in [0.15, 0.2) is 56.6 Å².